The number of aryl methyl sites for hydroxylation is 1. The van der Waals surface area contributed by atoms with Crippen LogP contribution < -0.4 is 10.9 Å². The quantitative estimate of drug-likeness (QED) is 0.439. The van der Waals surface area contributed by atoms with E-state index in [0.29, 0.717) is 28.4 Å². The molecule has 160 valence electrons. The van der Waals surface area contributed by atoms with Crippen LogP contribution in [0.3, 0.4) is 0 Å². The molecule has 0 bridgehead atoms. The van der Waals surface area contributed by atoms with Crippen molar-refractivity contribution in [3.05, 3.63) is 64.5 Å². The van der Waals surface area contributed by atoms with Gasteiger partial charge in [0.1, 0.15) is 17.3 Å². The molecule has 4 rings (SSSR count). The first-order valence-corrected chi connectivity index (χ1v) is 10.7. The number of nitrogens with zero attached hydrogens (tertiary/aromatic N) is 4. The minimum Gasteiger partial charge on any atom is -0.320 e. The van der Waals surface area contributed by atoms with Crippen molar-refractivity contribution in [3.63, 3.8) is 0 Å². The number of amides is 1. The van der Waals surface area contributed by atoms with Gasteiger partial charge in [0.2, 0.25) is 11.7 Å². The first-order valence-electron chi connectivity index (χ1n) is 9.74. The van der Waals surface area contributed by atoms with Crippen LogP contribution in [0, 0.1) is 11.6 Å². The van der Waals surface area contributed by atoms with Gasteiger partial charge in [0.05, 0.1) is 16.7 Å². The number of hydrogen-bond acceptors (Lipinski definition) is 5. The van der Waals surface area contributed by atoms with Gasteiger partial charge in [-0.25, -0.2) is 8.78 Å². The molecular formula is C21H19F2N5O2S. The van der Waals surface area contributed by atoms with E-state index in [-0.39, 0.29) is 11.3 Å². The van der Waals surface area contributed by atoms with Crippen LogP contribution >= 0.6 is 11.8 Å². The summed E-state index contributed by atoms with van der Waals surface area (Å²) in [5.74, 6) is -2.04. The number of anilines is 1. The first kappa shape index (κ1) is 21.0. The highest BCUT2D eigenvalue weighted by molar-refractivity contribution is 7.99. The van der Waals surface area contributed by atoms with Crippen molar-refractivity contribution in [1.29, 1.82) is 0 Å². The summed E-state index contributed by atoms with van der Waals surface area (Å²) in [6, 6.07) is 10.5. The maximum Gasteiger partial charge on any atom is 0.262 e. The summed E-state index contributed by atoms with van der Waals surface area (Å²) in [7, 11) is 0. The molecule has 0 aliphatic heterocycles. The molecule has 10 heteroatoms. The standard InChI is InChI=1S/C21H19F2N5O2S/c1-2-3-11-27-19(30)13-7-4-5-10-16(13)28-20(27)25-26-21(28)31-12-17(29)24-18-14(22)8-6-9-15(18)23/h4-10H,2-3,11-12H2,1H3,(H,24,29). The van der Waals surface area contributed by atoms with Crippen LogP contribution in [0.1, 0.15) is 19.8 Å². The second kappa shape index (κ2) is 8.84. The molecule has 1 N–H and O–H groups in total. The Morgan fingerprint density at radius 2 is 1.84 bits per heavy atom. The van der Waals surface area contributed by atoms with Crippen LogP contribution in [-0.4, -0.2) is 30.8 Å². The van der Waals surface area contributed by atoms with Gasteiger partial charge in [-0.1, -0.05) is 43.3 Å². The lowest BCUT2D eigenvalue weighted by Crippen LogP contribution is -2.23. The Kier molecular flexibility index (Phi) is 5.99. The Balaban J connectivity index is 1.66. The zero-order chi connectivity index (χ0) is 22.0. The summed E-state index contributed by atoms with van der Waals surface area (Å²) in [5, 5.41) is 11.5. The van der Waals surface area contributed by atoms with E-state index < -0.39 is 23.2 Å². The van der Waals surface area contributed by atoms with E-state index in [1.165, 1.54) is 6.07 Å². The van der Waals surface area contributed by atoms with Gasteiger partial charge in [-0.05, 0) is 30.7 Å². The molecule has 2 aromatic carbocycles. The second-order valence-corrected chi connectivity index (χ2v) is 7.82. The van der Waals surface area contributed by atoms with E-state index >= 15 is 0 Å². The van der Waals surface area contributed by atoms with Gasteiger partial charge < -0.3 is 5.32 Å². The molecule has 0 spiro atoms. The number of carbonyl (C=O) groups is 1. The highest BCUT2D eigenvalue weighted by Gasteiger charge is 2.18. The van der Waals surface area contributed by atoms with Gasteiger partial charge in [0.25, 0.3) is 5.56 Å². The van der Waals surface area contributed by atoms with Gasteiger partial charge in [0.15, 0.2) is 5.16 Å². The molecule has 31 heavy (non-hydrogen) atoms. The molecule has 4 aromatic rings. The smallest absolute Gasteiger partial charge is 0.262 e. The molecule has 0 saturated carbocycles. The Morgan fingerprint density at radius 1 is 1.10 bits per heavy atom. The molecule has 1 amide bonds. The van der Waals surface area contributed by atoms with Gasteiger partial charge in [0, 0.05) is 6.54 Å². The van der Waals surface area contributed by atoms with E-state index in [2.05, 4.69) is 15.5 Å². The maximum atomic E-state index is 13.8. The number of carbonyl (C=O) groups excluding carboxylic acids is 1. The number of fused-ring (bicyclic) bond motifs is 3. The average Bonchev–Trinajstić information content (AvgIpc) is 3.19. The van der Waals surface area contributed by atoms with E-state index in [4.69, 9.17) is 0 Å². The third-order valence-corrected chi connectivity index (χ3v) is 5.70. The fraction of sp³-hybridized carbons (Fsp3) is 0.238. The van der Waals surface area contributed by atoms with Crippen molar-refractivity contribution >= 4 is 40.0 Å². The van der Waals surface area contributed by atoms with Crippen molar-refractivity contribution in [2.75, 3.05) is 11.1 Å². The molecule has 7 nitrogen and oxygen atoms in total. The molecule has 0 atom stereocenters. The Hall–Kier alpha value is -3.27. The lowest BCUT2D eigenvalue weighted by Gasteiger charge is -2.11. The third-order valence-electron chi connectivity index (χ3n) is 4.77. The fourth-order valence-corrected chi connectivity index (χ4v) is 4.01. The SMILES string of the molecule is CCCCn1c(=O)c2ccccc2n2c(SCC(=O)Nc3c(F)cccc3F)nnc12. The second-order valence-electron chi connectivity index (χ2n) is 6.88. The molecule has 2 aromatic heterocycles. The minimum absolute atomic E-state index is 0.142. The zero-order valence-corrected chi connectivity index (χ0v) is 17.5. The fourth-order valence-electron chi connectivity index (χ4n) is 3.27. The first-order chi connectivity index (χ1) is 15.0. The van der Waals surface area contributed by atoms with Crippen LogP contribution in [0.5, 0.6) is 0 Å². The highest BCUT2D eigenvalue weighted by Crippen LogP contribution is 2.23. The largest absolute Gasteiger partial charge is 0.320 e. The van der Waals surface area contributed by atoms with Crippen LogP contribution in [0.4, 0.5) is 14.5 Å². The highest BCUT2D eigenvalue weighted by atomic mass is 32.2. The van der Waals surface area contributed by atoms with Gasteiger partial charge in [-0.15, -0.1) is 10.2 Å². The summed E-state index contributed by atoms with van der Waals surface area (Å²) >= 11 is 1.07. The van der Waals surface area contributed by atoms with Crippen molar-refractivity contribution in [2.45, 2.75) is 31.5 Å². The number of thioether (sulfide) groups is 1. The van der Waals surface area contributed by atoms with E-state index in [0.717, 1.165) is 36.7 Å². The number of unbranched alkanes of at least 4 members (excludes halogenated alkanes) is 1. The van der Waals surface area contributed by atoms with Crippen molar-refractivity contribution in [1.82, 2.24) is 19.2 Å². The number of para-hydroxylation sites is 2. The molecule has 0 aliphatic rings. The van der Waals surface area contributed by atoms with Crippen LogP contribution in [-0.2, 0) is 11.3 Å². The van der Waals surface area contributed by atoms with Gasteiger partial charge >= 0.3 is 0 Å². The van der Waals surface area contributed by atoms with Crippen molar-refractivity contribution in [2.24, 2.45) is 0 Å². The summed E-state index contributed by atoms with van der Waals surface area (Å²) < 4.78 is 30.9. The molecule has 2 heterocycles. The lowest BCUT2D eigenvalue weighted by molar-refractivity contribution is -0.113. The lowest BCUT2D eigenvalue weighted by atomic mass is 10.2. The molecule has 0 saturated heterocycles. The molecule has 0 radical (unpaired) electrons. The molecule has 0 aliphatic carbocycles. The van der Waals surface area contributed by atoms with Crippen molar-refractivity contribution < 1.29 is 13.6 Å². The van der Waals surface area contributed by atoms with E-state index in [9.17, 15) is 18.4 Å². The summed E-state index contributed by atoms with van der Waals surface area (Å²) in [5.41, 5.74) is -0.00497. The third kappa shape index (κ3) is 4.02. The van der Waals surface area contributed by atoms with Crippen molar-refractivity contribution in [3.8, 4) is 0 Å². The summed E-state index contributed by atoms with van der Waals surface area (Å²) in [6.07, 6.45) is 1.72. The molecule has 0 unspecified atom stereocenters. The number of hydrogen-bond donors (Lipinski definition) is 1. The van der Waals surface area contributed by atoms with Gasteiger partial charge in [-0.2, -0.15) is 0 Å². The Labute approximate surface area is 180 Å². The number of nitrogens with one attached hydrogen (secondary N) is 1. The van der Waals surface area contributed by atoms with Gasteiger partial charge in [-0.3, -0.25) is 18.6 Å². The Bertz CT molecular complexity index is 1310. The summed E-state index contributed by atoms with van der Waals surface area (Å²) in [4.78, 5) is 25.2. The number of aromatic nitrogens is 4. The van der Waals surface area contributed by atoms with E-state index in [1.807, 2.05) is 6.92 Å². The topological polar surface area (TPSA) is 81.3 Å². The number of benzene rings is 2. The van der Waals surface area contributed by atoms with E-state index in [1.54, 1.807) is 33.2 Å². The monoisotopic (exact) mass is 443 g/mol. The molecule has 0 fully saturated rings. The van der Waals surface area contributed by atoms with Crippen LogP contribution in [0.25, 0.3) is 16.7 Å². The zero-order valence-electron chi connectivity index (χ0n) is 16.6. The number of halogens is 2. The predicted molar refractivity (Wildman–Crippen MR) is 115 cm³/mol. The summed E-state index contributed by atoms with van der Waals surface area (Å²) in [6.45, 7) is 2.53. The Morgan fingerprint density at radius 3 is 2.58 bits per heavy atom. The normalized spacial score (nSPS) is 11.3. The van der Waals surface area contributed by atoms with Crippen LogP contribution in [0.2, 0.25) is 0 Å². The number of rotatable bonds is 7. The predicted octanol–water partition coefficient (Wildman–Crippen LogP) is 3.85. The maximum absolute atomic E-state index is 13.8. The molecular weight excluding hydrogens is 424 g/mol. The average molecular weight is 443 g/mol. The van der Waals surface area contributed by atoms with Crippen LogP contribution in [0.15, 0.2) is 52.4 Å². The minimum atomic E-state index is -0.850.